The Bertz CT molecular complexity index is 638. The first-order chi connectivity index (χ1) is 12.8. The molecule has 1 heterocycles. The van der Waals surface area contributed by atoms with E-state index in [2.05, 4.69) is 17.1 Å². The van der Waals surface area contributed by atoms with Crippen molar-refractivity contribution in [2.24, 2.45) is 0 Å². The summed E-state index contributed by atoms with van der Waals surface area (Å²) < 4.78 is 5.41. The first kappa shape index (κ1) is 21.6. The maximum absolute atomic E-state index is 12.4. The summed E-state index contributed by atoms with van der Waals surface area (Å²) in [5.74, 6) is 0.908. The summed E-state index contributed by atoms with van der Waals surface area (Å²) in [5, 5.41) is 3.01. The summed E-state index contributed by atoms with van der Waals surface area (Å²) >= 11 is 1.68. The molecular weight excluding hydrogens is 362 g/mol. The maximum atomic E-state index is 12.4. The van der Waals surface area contributed by atoms with Gasteiger partial charge < -0.3 is 15.0 Å². The molecule has 1 aliphatic rings. The Kier molecular flexibility index (Phi) is 7.98. The number of nitrogens with one attached hydrogen (secondary N) is 1. The van der Waals surface area contributed by atoms with Crippen molar-refractivity contribution < 1.29 is 14.3 Å². The molecule has 0 radical (unpaired) electrons. The molecule has 0 aliphatic carbocycles. The summed E-state index contributed by atoms with van der Waals surface area (Å²) in [7, 11) is 0. The number of rotatable bonds is 6. The van der Waals surface area contributed by atoms with Crippen molar-refractivity contribution >= 4 is 23.8 Å². The zero-order valence-electron chi connectivity index (χ0n) is 16.8. The van der Waals surface area contributed by atoms with Crippen LogP contribution in [0.4, 0.5) is 4.79 Å². The molecule has 0 atom stereocenters. The minimum absolute atomic E-state index is 0.0288. The second-order valence-electron chi connectivity index (χ2n) is 7.49. The highest BCUT2D eigenvalue weighted by atomic mass is 32.2. The number of piperazine rings is 1. The van der Waals surface area contributed by atoms with Gasteiger partial charge in [0.25, 0.3) is 5.91 Å². The number of hydrogen-bond acceptors (Lipinski definition) is 5. The minimum Gasteiger partial charge on any atom is -0.444 e. The predicted octanol–water partition coefficient (Wildman–Crippen LogP) is 3.08. The molecule has 2 rings (SSSR count). The fourth-order valence-electron chi connectivity index (χ4n) is 2.84. The van der Waals surface area contributed by atoms with E-state index in [4.69, 9.17) is 4.74 Å². The van der Waals surface area contributed by atoms with Gasteiger partial charge in [0.05, 0.1) is 5.56 Å². The summed E-state index contributed by atoms with van der Waals surface area (Å²) in [4.78, 5) is 29.6. The molecule has 2 amide bonds. The van der Waals surface area contributed by atoms with Crippen molar-refractivity contribution in [1.29, 1.82) is 0 Å². The van der Waals surface area contributed by atoms with Crippen molar-refractivity contribution in [2.45, 2.75) is 38.2 Å². The molecule has 1 fully saturated rings. The third-order valence-corrected chi connectivity index (χ3v) is 5.12. The molecule has 27 heavy (non-hydrogen) atoms. The van der Waals surface area contributed by atoms with Crippen molar-refractivity contribution in [1.82, 2.24) is 15.1 Å². The number of nitrogens with zero attached hydrogens (tertiary/aromatic N) is 2. The van der Waals surface area contributed by atoms with Crippen LogP contribution in [0.1, 0.15) is 38.1 Å². The monoisotopic (exact) mass is 393 g/mol. The molecule has 6 nitrogen and oxygen atoms in total. The summed E-state index contributed by atoms with van der Waals surface area (Å²) in [6.07, 6.45) is -0.250. The average molecular weight is 394 g/mol. The van der Waals surface area contributed by atoms with E-state index in [1.165, 1.54) is 0 Å². The van der Waals surface area contributed by atoms with Crippen LogP contribution in [0.5, 0.6) is 0 Å². The van der Waals surface area contributed by atoms with E-state index in [1.54, 1.807) is 16.7 Å². The lowest BCUT2D eigenvalue weighted by molar-refractivity contribution is 0.0147. The van der Waals surface area contributed by atoms with E-state index in [0.717, 1.165) is 35.8 Å². The lowest BCUT2D eigenvalue weighted by Crippen LogP contribution is -2.51. The van der Waals surface area contributed by atoms with Gasteiger partial charge in [-0.2, -0.15) is 0 Å². The van der Waals surface area contributed by atoms with E-state index in [9.17, 15) is 9.59 Å². The average Bonchev–Trinajstić information content (AvgIpc) is 2.61. The van der Waals surface area contributed by atoms with Crippen molar-refractivity contribution in [2.75, 3.05) is 45.0 Å². The third kappa shape index (κ3) is 7.07. The van der Waals surface area contributed by atoms with Gasteiger partial charge in [0.15, 0.2) is 0 Å². The van der Waals surface area contributed by atoms with Gasteiger partial charge in [-0.15, -0.1) is 11.8 Å². The van der Waals surface area contributed by atoms with Crippen LogP contribution in [0.25, 0.3) is 0 Å². The van der Waals surface area contributed by atoms with Crippen LogP contribution >= 0.6 is 11.8 Å². The highest BCUT2D eigenvalue weighted by Gasteiger charge is 2.25. The highest BCUT2D eigenvalue weighted by molar-refractivity contribution is 7.99. The largest absolute Gasteiger partial charge is 0.444 e. The van der Waals surface area contributed by atoms with Crippen molar-refractivity contribution in [3.05, 3.63) is 29.8 Å². The van der Waals surface area contributed by atoms with Crippen LogP contribution in [0.2, 0.25) is 0 Å². The zero-order valence-corrected chi connectivity index (χ0v) is 17.6. The molecule has 0 unspecified atom stereocenters. The van der Waals surface area contributed by atoms with Crippen LogP contribution in [-0.4, -0.2) is 72.4 Å². The Morgan fingerprint density at radius 2 is 1.81 bits per heavy atom. The van der Waals surface area contributed by atoms with Crippen LogP contribution in [0.15, 0.2) is 29.2 Å². The SMILES string of the molecule is CCSc1ccccc1C(=O)NCCN1CCN(C(=O)OC(C)(C)C)CC1. The molecule has 1 aromatic rings. The molecule has 7 heteroatoms. The van der Waals surface area contributed by atoms with Gasteiger partial charge in [-0.05, 0) is 38.7 Å². The number of ether oxygens (including phenoxy) is 1. The second kappa shape index (κ2) is 9.99. The molecule has 0 aromatic heterocycles. The quantitative estimate of drug-likeness (QED) is 0.753. The van der Waals surface area contributed by atoms with Gasteiger partial charge in [0, 0.05) is 44.2 Å². The third-order valence-electron chi connectivity index (χ3n) is 4.17. The number of benzene rings is 1. The number of hydrogen-bond donors (Lipinski definition) is 1. The molecule has 0 bridgehead atoms. The van der Waals surface area contributed by atoms with Gasteiger partial charge in [-0.25, -0.2) is 4.79 Å². The van der Waals surface area contributed by atoms with Gasteiger partial charge in [0.2, 0.25) is 0 Å². The van der Waals surface area contributed by atoms with E-state index in [1.807, 2.05) is 45.0 Å². The Morgan fingerprint density at radius 1 is 1.15 bits per heavy atom. The number of thioether (sulfide) groups is 1. The van der Waals surface area contributed by atoms with Crippen LogP contribution < -0.4 is 5.32 Å². The number of amides is 2. The van der Waals surface area contributed by atoms with E-state index < -0.39 is 5.60 Å². The molecular formula is C20H31N3O3S. The Balaban J connectivity index is 1.73. The standard InChI is InChI=1S/C20H31N3O3S/c1-5-27-17-9-7-6-8-16(17)18(24)21-10-11-22-12-14-23(15-13-22)19(25)26-20(2,3)4/h6-9H,5,10-15H2,1-4H3,(H,21,24). The minimum atomic E-state index is -0.467. The van der Waals surface area contributed by atoms with E-state index >= 15 is 0 Å². The molecule has 1 aromatic carbocycles. The Labute approximate surface area is 166 Å². The lowest BCUT2D eigenvalue weighted by atomic mass is 10.2. The lowest BCUT2D eigenvalue weighted by Gasteiger charge is -2.35. The molecule has 150 valence electrons. The Hall–Kier alpha value is -1.73. The predicted molar refractivity (Wildman–Crippen MR) is 109 cm³/mol. The molecule has 1 N–H and O–H groups in total. The van der Waals surface area contributed by atoms with E-state index in [-0.39, 0.29) is 12.0 Å². The first-order valence-corrected chi connectivity index (χ1v) is 10.5. The smallest absolute Gasteiger partial charge is 0.410 e. The van der Waals surface area contributed by atoms with Gasteiger partial charge >= 0.3 is 6.09 Å². The fraction of sp³-hybridized carbons (Fsp3) is 0.600. The van der Waals surface area contributed by atoms with Crippen molar-refractivity contribution in [3.8, 4) is 0 Å². The zero-order chi connectivity index (χ0) is 19.9. The van der Waals surface area contributed by atoms with Gasteiger partial charge in [-0.3, -0.25) is 9.69 Å². The fourth-order valence-corrected chi connectivity index (χ4v) is 3.64. The second-order valence-corrected chi connectivity index (χ2v) is 8.80. The van der Waals surface area contributed by atoms with Crippen molar-refractivity contribution in [3.63, 3.8) is 0 Å². The molecule has 0 saturated carbocycles. The molecule has 0 spiro atoms. The topological polar surface area (TPSA) is 61.9 Å². The maximum Gasteiger partial charge on any atom is 0.410 e. The van der Waals surface area contributed by atoms with Crippen LogP contribution in [0, 0.1) is 0 Å². The highest BCUT2D eigenvalue weighted by Crippen LogP contribution is 2.22. The number of carbonyl (C=O) groups excluding carboxylic acids is 2. The van der Waals surface area contributed by atoms with Gasteiger partial charge in [-0.1, -0.05) is 19.1 Å². The number of carbonyl (C=O) groups is 2. The summed E-state index contributed by atoms with van der Waals surface area (Å²) in [5.41, 5.74) is 0.268. The van der Waals surface area contributed by atoms with Crippen LogP contribution in [-0.2, 0) is 4.74 Å². The first-order valence-electron chi connectivity index (χ1n) is 9.50. The molecule has 1 saturated heterocycles. The van der Waals surface area contributed by atoms with Gasteiger partial charge in [0.1, 0.15) is 5.60 Å². The van der Waals surface area contributed by atoms with Crippen LogP contribution in [0.3, 0.4) is 0 Å². The van der Waals surface area contributed by atoms with E-state index in [0.29, 0.717) is 19.6 Å². The summed E-state index contributed by atoms with van der Waals surface area (Å²) in [6, 6.07) is 7.70. The normalized spacial score (nSPS) is 15.5. The summed E-state index contributed by atoms with van der Waals surface area (Å²) in [6.45, 7) is 12.0. The molecule has 1 aliphatic heterocycles. The Morgan fingerprint density at radius 3 is 2.44 bits per heavy atom.